The Morgan fingerprint density at radius 3 is 2.59 bits per heavy atom. The van der Waals surface area contributed by atoms with Crippen molar-refractivity contribution in [1.82, 2.24) is 9.97 Å². The van der Waals surface area contributed by atoms with E-state index in [0.29, 0.717) is 16.7 Å². The Bertz CT molecular complexity index is 1050. The van der Waals surface area contributed by atoms with Crippen molar-refractivity contribution in [2.24, 2.45) is 5.73 Å². The molecule has 27 heavy (non-hydrogen) atoms. The number of nitrogens with two attached hydrogens (primary N) is 1. The highest BCUT2D eigenvalue weighted by Gasteiger charge is 2.27. The van der Waals surface area contributed by atoms with Gasteiger partial charge in [-0.15, -0.1) is 0 Å². The summed E-state index contributed by atoms with van der Waals surface area (Å²) in [4.78, 5) is 19.8. The smallest absolute Gasteiger partial charge is 0.366 e. The summed E-state index contributed by atoms with van der Waals surface area (Å²) in [5.74, 6) is -0.791. The molecule has 0 aliphatic heterocycles. The summed E-state index contributed by atoms with van der Waals surface area (Å²) in [6.07, 6.45) is -3.45. The van der Waals surface area contributed by atoms with E-state index in [0.717, 1.165) is 10.2 Å². The normalized spacial score (nSPS) is 12.2. The molecule has 0 aliphatic carbocycles. The standard InChI is InChI=1S/C18H12BrF3N4O/c19-11-2-1-3-12(7-11)26-17-13-6-10(4-5-15(13)24-9-25-17)14(16(23)27)8-18(20,21)22/h1-9H,(H2,23,27)(H,24,25,26)/b14-8+. The number of hydrogen-bond acceptors (Lipinski definition) is 4. The molecule has 0 unspecified atom stereocenters. The lowest BCUT2D eigenvalue weighted by Gasteiger charge is -2.11. The monoisotopic (exact) mass is 436 g/mol. The molecule has 3 rings (SSSR count). The van der Waals surface area contributed by atoms with Crippen LogP contribution in [0.25, 0.3) is 16.5 Å². The van der Waals surface area contributed by atoms with Crippen molar-refractivity contribution >= 4 is 49.8 Å². The average molecular weight is 437 g/mol. The first-order valence-electron chi connectivity index (χ1n) is 7.60. The van der Waals surface area contributed by atoms with Crippen molar-refractivity contribution in [2.45, 2.75) is 6.18 Å². The van der Waals surface area contributed by atoms with Crippen molar-refractivity contribution in [3.05, 3.63) is 64.9 Å². The summed E-state index contributed by atoms with van der Waals surface area (Å²) in [6.45, 7) is 0. The van der Waals surface area contributed by atoms with Gasteiger partial charge in [0.2, 0.25) is 5.91 Å². The van der Waals surface area contributed by atoms with Gasteiger partial charge in [-0.1, -0.05) is 28.1 Å². The van der Waals surface area contributed by atoms with E-state index in [1.165, 1.54) is 24.5 Å². The molecule has 9 heteroatoms. The van der Waals surface area contributed by atoms with Gasteiger partial charge in [0, 0.05) is 21.6 Å². The second-order valence-electron chi connectivity index (χ2n) is 5.55. The summed E-state index contributed by atoms with van der Waals surface area (Å²) < 4.78 is 39.1. The molecule has 1 aromatic heterocycles. The van der Waals surface area contributed by atoms with Crippen LogP contribution >= 0.6 is 15.9 Å². The number of alkyl halides is 3. The Labute approximate surface area is 160 Å². The molecule has 3 aromatic rings. The van der Waals surface area contributed by atoms with Crippen LogP contribution in [0.15, 0.2) is 59.3 Å². The molecule has 0 aliphatic rings. The van der Waals surface area contributed by atoms with Gasteiger partial charge in [-0.25, -0.2) is 9.97 Å². The number of nitrogens with one attached hydrogen (secondary N) is 1. The molecule has 0 saturated heterocycles. The van der Waals surface area contributed by atoms with Crippen LogP contribution in [0.1, 0.15) is 5.56 Å². The van der Waals surface area contributed by atoms with Crippen LogP contribution in [-0.4, -0.2) is 22.1 Å². The molecule has 5 nitrogen and oxygen atoms in total. The van der Waals surface area contributed by atoms with Gasteiger partial charge in [0.25, 0.3) is 0 Å². The third-order valence-electron chi connectivity index (χ3n) is 3.61. The van der Waals surface area contributed by atoms with Gasteiger partial charge in [-0.2, -0.15) is 13.2 Å². The molecule has 0 spiro atoms. The lowest BCUT2D eigenvalue weighted by molar-refractivity contribution is -0.113. The molecule has 1 heterocycles. The highest BCUT2D eigenvalue weighted by atomic mass is 79.9. The zero-order valence-corrected chi connectivity index (χ0v) is 15.2. The summed E-state index contributed by atoms with van der Waals surface area (Å²) in [7, 11) is 0. The quantitative estimate of drug-likeness (QED) is 0.587. The van der Waals surface area contributed by atoms with Gasteiger partial charge in [-0.05, 0) is 35.9 Å². The van der Waals surface area contributed by atoms with E-state index in [9.17, 15) is 18.0 Å². The van der Waals surface area contributed by atoms with Crippen LogP contribution < -0.4 is 11.1 Å². The number of nitrogens with zero attached hydrogens (tertiary/aromatic N) is 2. The van der Waals surface area contributed by atoms with Crippen LogP contribution in [-0.2, 0) is 4.79 Å². The average Bonchev–Trinajstić information content (AvgIpc) is 2.59. The van der Waals surface area contributed by atoms with Gasteiger partial charge in [0.05, 0.1) is 11.1 Å². The second-order valence-corrected chi connectivity index (χ2v) is 6.47. The lowest BCUT2D eigenvalue weighted by Crippen LogP contribution is -2.16. The number of anilines is 2. The highest BCUT2D eigenvalue weighted by Crippen LogP contribution is 2.29. The van der Waals surface area contributed by atoms with Crippen molar-refractivity contribution < 1.29 is 18.0 Å². The first-order chi connectivity index (χ1) is 12.7. The number of allylic oxidation sites excluding steroid dienone is 1. The fraction of sp³-hybridized carbons (Fsp3) is 0.0556. The minimum Gasteiger partial charge on any atom is -0.366 e. The number of hydrogen-bond donors (Lipinski definition) is 2. The molecule has 0 bridgehead atoms. The van der Waals surface area contributed by atoms with Crippen LogP contribution in [0.2, 0.25) is 0 Å². The van der Waals surface area contributed by atoms with E-state index < -0.39 is 17.7 Å². The molecule has 1 amide bonds. The summed E-state index contributed by atoms with van der Waals surface area (Å²) in [5, 5.41) is 3.54. The Morgan fingerprint density at radius 2 is 1.93 bits per heavy atom. The number of carbonyl (C=O) groups excluding carboxylic acids is 1. The molecular formula is C18H12BrF3N4O. The SMILES string of the molecule is NC(=O)/C(=C/C(F)(F)F)c1ccc2ncnc(Nc3cccc(Br)c3)c2c1. The molecule has 3 N–H and O–H groups in total. The third-order valence-corrected chi connectivity index (χ3v) is 4.10. The number of halogens is 4. The second kappa shape index (κ2) is 7.36. The molecule has 138 valence electrons. The van der Waals surface area contributed by atoms with E-state index >= 15 is 0 Å². The topological polar surface area (TPSA) is 80.9 Å². The third kappa shape index (κ3) is 4.62. The van der Waals surface area contributed by atoms with E-state index in [1.54, 1.807) is 6.07 Å². The maximum Gasteiger partial charge on any atom is 0.410 e. The van der Waals surface area contributed by atoms with Crippen LogP contribution in [0.3, 0.4) is 0 Å². The number of fused-ring (bicyclic) bond motifs is 1. The zero-order chi connectivity index (χ0) is 19.6. The number of aromatic nitrogens is 2. The van der Waals surface area contributed by atoms with Gasteiger partial charge in [-0.3, -0.25) is 4.79 Å². The van der Waals surface area contributed by atoms with Gasteiger partial charge in [0.15, 0.2) is 0 Å². The van der Waals surface area contributed by atoms with Gasteiger partial charge < -0.3 is 11.1 Å². The maximum absolute atomic E-state index is 12.7. The summed E-state index contributed by atoms with van der Waals surface area (Å²) in [6, 6.07) is 11.6. The summed E-state index contributed by atoms with van der Waals surface area (Å²) in [5.41, 5.74) is 5.75. The Balaban J connectivity index is 2.11. The van der Waals surface area contributed by atoms with Crippen molar-refractivity contribution in [2.75, 3.05) is 5.32 Å². The van der Waals surface area contributed by atoms with E-state index in [-0.39, 0.29) is 11.6 Å². The number of primary amides is 1. The highest BCUT2D eigenvalue weighted by molar-refractivity contribution is 9.10. The molecule has 0 radical (unpaired) electrons. The van der Waals surface area contributed by atoms with Crippen molar-refractivity contribution in [1.29, 1.82) is 0 Å². The maximum atomic E-state index is 12.7. The number of rotatable bonds is 4. The van der Waals surface area contributed by atoms with E-state index in [4.69, 9.17) is 5.73 Å². The fourth-order valence-corrected chi connectivity index (χ4v) is 2.89. The number of amides is 1. The van der Waals surface area contributed by atoms with Crippen LogP contribution in [0.4, 0.5) is 24.7 Å². The van der Waals surface area contributed by atoms with Gasteiger partial charge in [0.1, 0.15) is 12.1 Å². The molecule has 2 aromatic carbocycles. The van der Waals surface area contributed by atoms with E-state index in [1.807, 2.05) is 18.2 Å². The molecule has 0 atom stereocenters. The predicted octanol–water partition coefficient (Wildman–Crippen LogP) is 4.57. The predicted molar refractivity (Wildman–Crippen MR) is 100 cm³/mol. The van der Waals surface area contributed by atoms with Crippen molar-refractivity contribution in [3.8, 4) is 0 Å². The fourth-order valence-electron chi connectivity index (χ4n) is 2.49. The Hall–Kier alpha value is -2.94. The van der Waals surface area contributed by atoms with Crippen LogP contribution in [0.5, 0.6) is 0 Å². The minimum absolute atomic E-state index is 0.0272. The Kier molecular flexibility index (Phi) is 5.13. The first-order valence-corrected chi connectivity index (χ1v) is 8.39. The zero-order valence-electron chi connectivity index (χ0n) is 13.6. The van der Waals surface area contributed by atoms with E-state index in [2.05, 4.69) is 31.2 Å². The number of carbonyl (C=O) groups is 1. The molecular weight excluding hydrogens is 425 g/mol. The Morgan fingerprint density at radius 1 is 1.15 bits per heavy atom. The van der Waals surface area contributed by atoms with Crippen LogP contribution in [0, 0.1) is 0 Å². The lowest BCUT2D eigenvalue weighted by atomic mass is 10.0. The number of benzene rings is 2. The minimum atomic E-state index is -4.68. The molecule has 0 saturated carbocycles. The van der Waals surface area contributed by atoms with Gasteiger partial charge >= 0.3 is 6.18 Å². The molecule has 0 fully saturated rings. The first kappa shape index (κ1) is 18.8. The largest absolute Gasteiger partial charge is 0.410 e. The summed E-state index contributed by atoms with van der Waals surface area (Å²) >= 11 is 3.36. The van der Waals surface area contributed by atoms with Crippen molar-refractivity contribution in [3.63, 3.8) is 0 Å².